The minimum Gasteiger partial charge on any atom is -0.462 e. The molecule has 7 nitrogen and oxygen atoms in total. The average molecular weight is 443 g/mol. The molecule has 2 aromatic rings. The van der Waals surface area contributed by atoms with Gasteiger partial charge in [0.2, 0.25) is 0 Å². The van der Waals surface area contributed by atoms with Gasteiger partial charge in [0.1, 0.15) is 18.3 Å². The molecule has 2 aliphatic rings. The Bertz CT molecular complexity index is 939. The van der Waals surface area contributed by atoms with Crippen molar-refractivity contribution in [2.45, 2.75) is 25.8 Å². The highest BCUT2D eigenvalue weighted by Crippen LogP contribution is 2.41. The Morgan fingerprint density at radius 3 is 2.84 bits per heavy atom. The smallest absolute Gasteiger partial charge is 0.318 e. The van der Waals surface area contributed by atoms with E-state index in [-0.39, 0.29) is 5.41 Å². The monoisotopic (exact) mass is 442 g/mol. The second-order valence-corrected chi connectivity index (χ2v) is 9.29. The summed E-state index contributed by atoms with van der Waals surface area (Å²) >= 11 is 6.17. The molecule has 31 heavy (non-hydrogen) atoms. The summed E-state index contributed by atoms with van der Waals surface area (Å²) in [6.07, 6.45) is 4.93. The number of halogens is 1. The van der Waals surface area contributed by atoms with Gasteiger partial charge < -0.3 is 19.9 Å². The van der Waals surface area contributed by atoms with Gasteiger partial charge in [-0.05, 0) is 71.2 Å². The zero-order valence-corrected chi connectivity index (χ0v) is 19.3. The molecular weight excluding hydrogens is 412 g/mol. The van der Waals surface area contributed by atoms with E-state index < -0.39 is 0 Å². The standard InChI is InChI=1S/C23H31ClN6O/c1-29(2)11-12-31-22-26-16-18-14-23(7-9-30(3)10-8-23)21(27-20(18)28-22)25-15-17-5-4-6-19(24)13-17/h4-6,13,16H,7-12,14-15H2,1-3H3,(H,25,26,27,28). The number of nitrogens with zero attached hydrogens (tertiary/aromatic N) is 5. The fourth-order valence-electron chi connectivity index (χ4n) is 4.18. The van der Waals surface area contributed by atoms with Crippen molar-refractivity contribution in [3.8, 4) is 6.01 Å². The lowest BCUT2D eigenvalue weighted by Crippen LogP contribution is -2.49. The lowest BCUT2D eigenvalue weighted by Gasteiger charge is -2.44. The summed E-state index contributed by atoms with van der Waals surface area (Å²) < 4.78 is 5.75. The van der Waals surface area contributed by atoms with Crippen LogP contribution in [0.4, 0.5) is 5.82 Å². The van der Waals surface area contributed by atoms with Crippen molar-refractivity contribution >= 4 is 23.3 Å². The number of aliphatic imine (C=N–C) groups is 1. The first kappa shape index (κ1) is 22.0. The Kier molecular flexibility index (Phi) is 6.74. The highest BCUT2D eigenvalue weighted by molar-refractivity contribution is 6.30. The number of ether oxygens (including phenoxy) is 1. The number of benzene rings is 1. The van der Waals surface area contributed by atoms with Crippen LogP contribution in [-0.2, 0) is 13.0 Å². The SMILES string of the molecule is CN(C)CCOc1ncc2c(n1)NC(=NCc1cccc(Cl)c1)C1(CCN(C)CC1)C2. The van der Waals surface area contributed by atoms with Crippen molar-refractivity contribution in [1.82, 2.24) is 19.8 Å². The van der Waals surface area contributed by atoms with Crippen molar-refractivity contribution < 1.29 is 4.74 Å². The van der Waals surface area contributed by atoms with E-state index in [0.29, 0.717) is 19.2 Å². The number of likely N-dealkylation sites (tertiary alicyclic amines) is 1. The van der Waals surface area contributed by atoms with Crippen LogP contribution in [-0.4, -0.2) is 73.0 Å². The maximum Gasteiger partial charge on any atom is 0.318 e. The van der Waals surface area contributed by atoms with Gasteiger partial charge in [0.25, 0.3) is 0 Å². The van der Waals surface area contributed by atoms with Crippen molar-refractivity contribution in [1.29, 1.82) is 0 Å². The van der Waals surface area contributed by atoms with E-state index in [4.69, 9.17) is 21.3 Å². The summed E-state index contributed by atoms with van der Waals surface area (Å²) in [5, 5.41) is 4.29. The first-order valence-corrected chi connectivity index (χ1v) is 11.2. The van der Waals surface area contributed by atoms with Gasteiger partial charge in [-0.15, -0.1) is 0 Å². The van der Waals surface area contributed by atoms with Gasteiger partial charge in [-0.1, -0.05) is 23.7 Å². The Labute approximate surface area is 189 Å². The second kappa shape index (κ2) is 9.51. The van der Waals surface area contributed by atoms with Crippen LogP contribution >= 0.6 is 11.6 Å². The molecule has 0 radical (unpaired) electrons. The molecule has 1 saturated heterocycles. The van der Waals surface area contributed by atoms with Crippen molar-refractivity contribution in [2.75, 3.05) is 52.7 Å². The third-order valence-electron chi connectivity index (χ3n) is 6.13. The van der Waals surface area contributed by atoms with Crippen LogP contribution in [0.25, 0.3) is 0 Å². The molecule has 0 aliphatic carbocycles. The van der Waals surface area contributed by atoms with Crippen LogP contribution in [0.15, 0.2) is 35.5 Å². The number of nitrogens with one attached hydrogen (secondary N) is 1. The third-order valence-corrected chi connectivity index (χ3v) is 6.37. The molecule has 166 valence electrons. The fourth-order valence-corrected chi connectivity index (χ4v) is 4.40. The molecule has 0 unspecified atom stereocenters. The van der Waals surface area contributed by atoms with E-state index in [2.05, 4.69) is 38.2 Å². The van der Waals surface area contributed by atoms with E-state index in [9.17, 15) is 0 Å². The molecule has 1 aromatic heterocycles. The zero-order chi connectivity index (χ0) is 21.8. The van der Waals surface area contributed by atoms with E-state index in [1.54, 1.807) is 0 Å². The lowest BCUT2D eigenvalue weighted by molar-refractivity contribution is 0.177. The van der Waals surface area contributed by atoms with Gasteiger partial charge in [-0.25, -0.2) is 4.98 Å². The van der Waals surface area contributed by atoms with Crippen LogP contribution in [0, 0.1) is 5.41 Å². The maximum absolute atomic E-state index is 6.17. The van der Waals surface area contributed by atoms with E-state index in [1.807, 2.05) is 38.5 Å². The van der Waals surface area contributed by atoms with Gasteiger partial charge >= 0.3 is 6.01 Å². The quantitative estimate of drug-likeness (QED) is 0.740. The minimum absolute atomic E-state index is 0.00522. The molecule has 0 atom stereocenters. The topological polar surface area (TPSA) is 65.9 Å². The first-order chi connectivity index (χ1) is 14.9. The summed E-state index contributed by atoms with van der Waals surface area (Å²) in [6, 6.07) is 8.30. The molecule has 2 aliphatic heterocycles. The molecule has 0 bridgehead atoms. The van der Waals surface area contributed by atoms with E-state index in [0.717, 1.165) is 66.7 Å². The fraction of sp³-hybridized carbons (Fsp3) is 0.522. The Morgan fingerprint density at radius 2 is 2.10 bits per heavy atom. The molecule has 1 N–H and O–H groups in total. The number of hydrogen-bond donors (Lipinski definition) is 1. The predicted octanol–water partition coefficient (Wildman–Crippen LogP) is 3.35. The largest absolute Gasteiger partial charge is 0.462 e. The second-order valence-electron chi connectivity index (χ2n) is 8.86. The summed E-state index contributed by atoms with van der Waals surface area (Å²) in [5.74, 6) is 1.83. The molecule has 8 heteroatoms. The van der Waals surface area contributed by atoms with Gasteiger partial charge in [0.05, 0.1) is 6.54 Å². The summed E-state index contributed by atoms with van der Waals surface area (Å²) in [6.45, 7) is 4.07. The van der Waals surface area contributed by atoms with Crippen molar-refractivity contribution in [2.24, 2.45) is 10.4 Å². The molecule has 0 amide bonds. The number of rotatable bonds is 6. The van der Waals surface area contributed by atoms with Crippen molar-refractivity contribution in [3.63, 3.8) is 0 Å². The summed E-state index contributed by atoms with van der Waals surface area (Å²) in [4.78, 5) is 18.6. The number of piperidine rings is 1. The summed E-state index contributed by atoms with van der Waals surface area (Å²) in [5.41, 5.74) is 2.23. The third kappa shape index (κ3) is 5.34. The van der Waals surface area contributed by atoms with Gasteiger partial charge in [0.15, 0.2) is 0 Å². The first-order valence-electron chi connectivity index (χ1n) is 10.8. The molecular formula is C23H31ClN6O. The zero-order valence-electron chi connectivity index (χ0n) is 18.6. The number of fused-ring (bicyclic) bond motifs is 1. The summed E-state index contributed by atoms with van der Waals surface area (Å²) in [7, 11) is 6.21. The number of hydrogen-bond acceptors (Lipinski definition) is 6. The van der Waals surface area contributed by atoms with Crippen LogP contribution in [0.5, 0.6) is 6.01 Å². The highest BCUT2D eigenvalue weighted by Gasteiger charge is 2.42. The van der Waals surface area contributed by atoms with Crippen LogP contribution in [0.3, 0.4) is 0 Å². The lowest BCUT2D eigenvalue weighted by atomic mass is 9.71. The van der Waals surface area contributed by atoms with Crippen molar-refractivity contribution in [3.05, 3.63) is 46.6 Å². The van der Waals surface area contributed by atoms with Crippen LogP contribution in [0.2, 0.25) is 5.02 Å². The van der Waals surface area contributed by atoms with Gasteiger partial charge in [-0.3, -0.25) is 4.99 Å². The highest BCUT2D eigenvalue weighted by atomic mass is 35.5. The molecule has 1 fully saturated rings. The van der Waals surface area contributed by atoms with Crippen LogP contribution < -0.4 is 10.1 Å². The number of likely N-dealkylation sites (N-methyl/N-ethyl adjacent to an activating group) is 1. The number of anilines is 1. The van der Waals surface area contributed by atoms with Gasteiger partial charge in [0, 0.05) is 28.7 Å². The normalized spacial score (nSPS) is 19.5. The van der Waals surface area contributed by atoms with Crippen LogP contribution in [0.1, 0.15) is 24.0 Å². The number of amidine groups is 1. The Hall–Kier alpha value is -2.22. The molecule has 1 aromatic carbocycles. The van der Waals surface area contributed by atoms with E-state index in [1.165, 1.54) is 0 Å². The average Bonchev–Trinajstić information content (AvgIpc) is 2.74. The number of aromatic nitrogens is 2. The Morgan fingerprint density at radius 1 is 1.29 bits per heavy atom. The Balaban J connectivity index is 1.58. The maximum atomic E-state index is 6.17. The molecule has 1 spiro atoms. The molecule has 3 heterocycles. The predicted molar refractivity (Wildman–Crippen MR) is 125 cm³/mol. The van der Waals surface area contributed by atoms with Gasteiger partial charge in [-0.2, -0.15) is 4.98 Å². The molecule has 4 rings (SSSR count). The van der Waals surface area contributed by atoms with E-state index >= 15 is 0 Å². The minimum atomic E-state index is -0.00522. The molecule has 0 saturated carbocycles.